The molecule has 6 nitrogen and oxygen atoms in total. The molecular formula is C23H22N2O4. The first-order valence-electron chi connectivity index (χ1n) is 9.02. The number of methoxy groups -OCH3 is 2. The summed E-state index contributed by atoms with van der Waals surface area (Å²) >= 11 is 0. The zero-order valence-corrected chi connectivity index (χ0v) is 16.3. The SMILES string of the molecule is COc1ccc(C(=O)NN=Cc2ccc(OCc3ccccc3)cc2)c(OC)c1. The summed E-state index contributed by atoms with van der Waals surface area (Å²) < 4.78 is 16.1. The van der Waals surface area contributed by atoms with Crippen LogP contribution in [0, 0.1) is 0 Å². The number of hydrogen-bond donors (Lipinski definition) is 1. The van der Waals surface area contributed by atoms with Crippen LogP contribution in [0.3, 0.4) is 0 Å². The first-order valence-corrected chi connectivity index (χ1v) is 9.02. The highest BCUT2D eigenvalue weighted by atomic mass is 16.5. The molecule has 3 rings (SSSR count). The summed E-state index contributed by atoms with van der Waals surface area (Å²) in [6.07, 6.45) is 1.56. The van der Waals surface area contributed by atoms with Crippen molar-refractivity contribution in [3.63, 3.8) is 0 Å². The molecule has 0 spiro atoms. The minimum absolute atomic E-state index is 0.370. The van der Waals surface area contributed by atoms with Gasteiger partial charge in [0.25, 0.3) is 5.91 Å². The first-order chi connectivity index (χ1) is 14.2. The van der Waals surface area contributed by atoms with Crippen molar-refractivity contribution in [2.24, 2.45) is 5.10 Å². The fourth-order valence-electron chi connectivity index (χ4n) is 2.60. The predicted octanol–water partition coefficient (Wildman–Crippen LogP) is 4.05. The molecule has 29 heavy (non-hydrogen) atoms. The second-order valence-electron chi connectivity index (χ2n) is 6.11. The zero-order valence-electron chi connectivity index (χ0n) is 16.3. The number of hydrogen-bond acceptors (Lipinski definition) is 5. The van der Waals surface area contributed by atoms with Gasteiger partial charge in [-0.15, -0.1) is 0 Å². The van der Waals surface area contributed by atoms with E-state index in [9.17, 15) is 4.79 Å². The van der Waals surface area contributed by atoms with E-state index in [0.29, 0.717) is 23.7 Å². The maximum atomic E-state index is 12.3. The number of nitrogens with one attached hydrogen (secondary N) is 1. The Morgan fingerprint density at radius 1 is 0.931 bits per heavy atom. The molecule has 0 saturated heterocycles. The van der Waals surface area contributed by atoms with Crippen molar-refractivity contribution in [2.45, 2.75) is 6.61 Å². The summed E-state index contributed by atoms with van der Waals surface area (Å²) in [7, 11) is 3.05. The van der Waals surface area contributed by atoms with Gasteiger partial charge in [0.15, 0.2) is 0 Å². The van der Waals surface area contributed by atoms with Gasteiger partial charge in [-0.1, -0.05) is 30.3 Å². The number of carbonyl (C=O) groups is 1. The van der Waals surface area contributed by atoms with Crippen LogP contribution in [0.5, 0.6) is 17.2 Å². The van der Waals surface area contributed by atoms with Gasteiger partial charge in [0.1, 0.15) is 23.9 Å². The van der Waals surface area contributed by atoms with Crippen molar-refractivity contribution in [2.75, 3.05) is 14.2 Å². The summed E-state index contributed by atoms with van der Waals surface area (Å²) in [5, 5.41) is 4.01. The second kappa shape index (κ2) is 9.94. The second-order valence-corrected chi connectivity index (χ2v) is 6.11. The van der Waals surface area contributed by atoms with Crippen LogP contribution in [0.15, 0.2) is 77.9 Å². The van der Waals surface area contributed by atoms with Crippen LogP contribution in [0.4, 0.5) is 0 Å². The third-order valence-corrected chi connectivity index (χ3v) is 4.16. The van der Waals surface area contributed by atoms with Crippen LogP contribution >= 0.6 is 0 Å². The molecule has 3 aromatic carbocycles. The molecule has 0 aliphatic carbocycles. The molecule has 0 atom stereocenters. The minimum atomic E-state index is -0.372. The van der Waals surface area contributed by atoms with Gasteiger partial charge in [-0.2, -0.15) is 5.10 Å². The maximum Gasteiger partial charge on any atom is 0.275 e. The monoisotopic (exact) mass is 390 g/mol. The Morgan fingerprint density at radius 2 is 1.66 bits per heavy atom. The van der Waals surface area contributed by atoms with Crippen LogP contribution in [-0.4, -0.2) is 26.3 Å². The Kier molecular flexibility index (Phi) is 6.84. The summed E-state index contributed by atoms with van der Waals surface area (Å²) in [5.41, 5.74) is 4.81. The Balaban J connectivity index is 1.55. The van der Waals surface area contributed by atoms with Crippen LogP contribution in [0.1, 0.15) is 21.5 Å². The molecular weight excluding hydrogens is 368 g/mol. The van der Waals surface area contributed by atoms with Gasteiger partial charge in [0.05, 0.1) is 26.0 Å². The zero-order chi connectivity index (χ0) is 20.5. The van der Waals surface area contributed by atoms with Crippen molar-refractivity contribution in [3.8, 4) is 17.2 Å². The maximum absolute atomic E-state index is 12.3. The summed E-state index contributed by atoms with van der Waals surface area (Å²) in [5.74, 6) is 1.41. The molecule has 1 N–H and O–H groups in total. The number of carbonyl (C=O) groups excluding carboxylic acids is 1. The molecule has 3 aromatic rings. The van der Waals surface area contributed by atoms with E-state index in [-0.39, 0.29) is 5.91 Å². The van der Waals surface area contributed by atoms with Gasteiger partial charge in [-0.25, -0.2) is 5.43 Å². The lowest BCUT2D eigenvalue weighted by Gasteiger charge is -2.09. The topological polar surface area (TPSA) is 69.2 Å². The third kappa shape index (κ3) is 5.59. The fraction of sp³-hybridized carbons (Fsp3) is 0.130. The molecule has 0 fully saturated rings. The van der Waals surface area contributed by atoms with E-state index >= 15 is 0 Å². The molecule has 1 amide bonds. The standard InChI is InChI=1S/C23H22N2O4/c1-27-20-12-13-21(22(14-20)28-2)23(26)25-24-15-17-8-10-19(11-9-17)29-16-18-6-4-3-5-7-18/h3-15H,16H2,1-2H3,(H,25,26). The number of ether oxygens (including phenoxy) is 3. The molecule has 0 radical (unpaired) electrons. The normalized spacial score (nSPS) is 10.6. The molecule has 148 valence electrons. The Bertz CT molecular complexity index is 970. The van der Waals surface area contributed by atoms with Gasteiger partial charge in [-0.05, 0) is 47.5 Å². The Hall–Kier alpha value is -3.80. The average Bonchev–Trinajstić information content (AvgIpc) is 2.78. The number of benzene rings is 3. The predicted molar refractivity (Wildman–Crippen MR) is 112 cm³/mol. The Labute approximate surface area is 169 Å². The molecule has 0 heterocycles. The smallest absolute Gasteiger partial charge is 0.275 e. The van der Waals surface area contributed by atoms with E-state index in [0.717, 1.165) is 16.9 Å². The number of nitrogens with zero attached hydrogens (tertiary/aromatic N) is 1. The van der Waals surface area contributed by atoms with Crippen LogP contribution in [-0.2, 0) is 6.61 Å². The van der Waals surface area contributed by atoms with Gasteiger partial charge < -0.3 is 14.2 Å². The highest BCUT2D eigenvalue weighted by molar-refractivity contribution is 5.97. The third-order valence-electron chi connectivity index (χ3n) is 4.16. The lowest BCUT2D eigenvalue weighted by atomic mass is 10.2. The molecule has 0 saturated carbocycles. The summed E-state index contributed by atoms with van der Waals surface area (Å²) in [4.78, 5) is 12.3. The number of hydrazone groups is 1. The van der Waals surface area contributed by atoms with Gasteiger partial charge >= 0.3 is 0 Å². The molecule has 0 aliphatic heterocycles. The van der Waals surface area contributed by atoms with E-state index in [2.05, 4.69) is 10.5 Å². The largest absolute Gasteiger partial charge is 0.497 e. The van der Waals surface area contributed by atoms with Crippen molar-refractivity contribution < 1.29 is 19.0 Å². The van der Waals surface area contributed by atoms with Crippen LogP contribution in [0.25, 0.3) is 0 Å². The highest BCUT2D eigenvalue weighted by Crippen LogP contribution is 2.24. The molecule has 6 heteroatoms. The lowest BCUT2D eigenvalue weighted by Crippen LogP contribution is -2.18. The number of amides is 1. The lowest BCUT2D eigenvalue weighted by molar-refractivity contribution is 0.0952. The molecule has 0 bridgehead atoms. The molecule has 0 unspecified atom stereocenters. The first kappa shape index (κ1) is 19.9. The van der Waals surface area contributed by atoms with Gasteiger partial charge in [0.2, 0.25) is 0 Å². The van der Waals surface area contributed by atoms with Gasteiger partial charge in [-0.3, -0.25) is 4.79 Å². The van der Waals surface area contributed by atoms with Gasteiger partial charge in [0, 0.05) is 6.07 Å². The van der Waals surface area contributed by atoms with Crippen molar-refractivity contribution in [1.82, 2.24) is 5.43 Å². The van der Waals surface area contributed by atoms with E-state index in [4.69, 9.17) is 14.2 Å². The minimum Gasteiger partial charge on any atom is -0.497 e. The number of rotatable bonds is 8. The van der Waals surface area contributed by atoms with E-state index in [1.54, 1.807) is 31.5 Å². The van der Waals surface area contributed by atoms with Crippen LogP contribution < -0.4 is 19.6 Å². The molecule has 0 aromatic heterocycles. The quantitative estimate of drug-likeness (QED) is 0.465. The van der Waals surface area contributed by atoms with Crippen molar-refractivity contribution in [3.05, 3.63) is 89.5 Å². The molecule has 0 aliphatic rings. The van der Waals surface area contributed by atoms with Crippen molar-refractivity contribution >= 4 is 12.1 Å². The highest BCUT2D eigenvalue weighted by Gasteiger charge is 2.12. The van der Waals surface area contributed by atoms with E-state index in [1.165, 1.54) is 7.11 Å². The average molecular weight is 390 g/mol. The summed E-state index contributed by atoms with van der Waals surface area (Å²) in [6, 6.07) is 22.4. The summed E-state index contributed by atoms with van der Waals surface area (Å²) in [6.45, 7) is 0.508. The van der Waals surface area contributed by atoms with E-state index in [1.807, 2.05) is 54.6 Å². The fourth-order valence-corrected chi connectivity index (χ4v) is 2.60. The van der Waals surface area contributed by atoms with Crippen LogP contribution in [0.2, 0.25) is 0 Å². The van der Waals surface area contributed by atoms with E-state index < -0.39 is 0 Å². The van der Waals surface area contributed by atoms with Crippen molar-refractivity contribution in [1.29, 1.82) is 0 Å². The Morgan fingerprint density at radius 3 is 2.34 bits per heavy atom.